The molecule has 0 spiro atoms. The smallest absolute Gasteiger partial charge is 0.234 e. The third-order valence-corrected chi connectivity index (χ3v) is 4.40. The summed E-state index contributed by atoms with van der Waals surface area (Å²) in [6.45, 7) is 5.74. The standard InChI is InChI=1S/C21H26N2O3/c1-2-25-19-7-9-20(10-8-19)26-14-12-22-21(24)16-23-13-11-17-5-3-4-6-18(17)15-23/h3-10H,2,11-16H2,1H3,(H,22,24). The van der Waals surface area contributed by atoms with Crippen molar-refractivity contribution in [1.29, 1.82) is 0 Å². The first-order valence-electron chi connectivity index (χ1n) is 9.16. The first-order chi connectivity index (χ1) is 12.7. The highest BCUT2D eigenvalue weighted by molar-refractivity contribution is 5.78. The first kappa shape index (κ1) is 18.3. The first-order valence-corrected chi connectivity index (χ1v) is 9.16. The molecule has 0 radical (unpaired) electrons. The summed E-state index contributed by atoms with van der Waals surface area (Å²) in [5.41, 5.74) is 2.72. The van der Waals surface area contributed by atoms with E-state index in [9.17, 15) is 4.79 Å². The number of rotatable bonds is 8. The number of carbonyl (C=O) groups is 1. The summed E-state index contributed by atoms with van der Waals surface area (Å²) in [7, 11) is 0. The van der Waals surface area contributed by atoms with Crippen molar-refractivity contribution in [2.24, 2.45) is 0 Å². The monoisotopic (exact) mass is 354 g/mol. The van der Waals surface area contributed by atoms with Crippen LogP contribution in [0.1, 0.15) is 18.1 Å². The molecule has 2 aromatic carbocycles. The molecule has 1 aliphatic heterocycles. The van der Waals surface area contributed by atoms with Crippen molar-refractivity contribution >= 4 is 5.91 Å². The molecule has 5 nitrogen and oxygen atoms in total. The van der Waals surface area contributed by atoms with Gasteiger partial charge in [0.1, 0.15) is 18.1 Å². The number of benzene rings is 2. The van der Waals surface area contributed by atoms with Crippen molar-refractivity contribution in [3.8, 4) is 11.5 Å². The summed E-state index contributed by atoms with van der Waals surface area (Å²) in [5.74, 6) is 1.64. The summed E-state index contributed by atoms with van der Waals surface area (Å²) in [6.07, 6.45) is 1.00. The molecule has 5 heteroatoms. The van der Waals surface area contributed by atoms with Gasteiger partial charge in [-0.2, -0.15) is 0 Å². The second kappa shape index (κ2) is 9.25. The van der Waals surface area contributed by atoms with Crippen molar-refractivity contribution in [2.45, 2.75) is 19.9 Å². The predicted octanol–water partition coefficient (Wildman–Crippen LogP) is 2.64. The topological polar surface area (TPSA) is 50.8 Å². The maximum atomic E-state index is 12.1. The fourth-order valence-corrected chi connectivity index (χ4v) is 3.11. The van der Waals surface area contributed by atoms with Gasteiger partial charge in [-0.1, -0.05) is 24.3 Å². The summed E-state index contributed by atoms with van der Waals surface area (Å²) in [5, 5.41) is 2.93. The van der Waals surface area contributed by atoms with E-state index in [1.54, 1.807) is 0 Å². The highest BCUT2D eigenvalue weighted by atomic mass is 16.5. The average Bonchev–Trinajstić information content (AvgIpc) is 2.67. The van der Waals surface area contributed by atoms with Gasteiger partial charge in [0.25, 0.3) is 0 Å². The molecule has 26 heavy (non-hydrogen) atoms. The Morgan fingerprint density at radius 1 is 1.04 bits per heavy atom. The highest BCUT2D eigenvalue weighted by Crippen LogP contribution is 2.18. The van der Waals surface area contributed by atoms with E-state index in [0.717, 1.165) is 31.0 Å². The van der Waals surface area contributed by atoms with Crippen LogP contribution in [0.2, 0.25) is 0 Å². The van der Waals surface area contributed by atoms with Crippen LogP contribution in [0.4, 0.5) is 0 Å². The lowest BCUT2D eigenvalue weighted by molar-refractivity contribution is -0.122. The van der Waals surface area contributed by atoms with Crippen molar-refractivity contribution in [3.63, 3.8) is 0 Å². The van der Waals surface area contributed by atoms with Gasteiger partial charge in [-0.15, -0.1) is 0 Å². The molecular formula is C21H26N2O3. The Bertz CT molecular complexity index is 715. The van der Waals surface area contributed by atoms with Gasteiger partial charge in [-0.05, 0) is 48.7 Å². The van der Waals surface area contributed by atoms with Crippen LogP contribution in [0.15, 0.2) is 48.5 Å². The van der Waals surface area contributed by atoms with Crippen LogP contribution < -0.4 is 14.8 Å². The Labute approximate surface area is 154 Å². The number of hydrogen-bond donors (Lipinski definition) is 1. The van der Waals surface area contributed by atoms with Crippen LogP contribution in [0, 0.1) is 0 Å². The number of hydrogen-bond acceptors (Lipinski definition) is 4. The number of fused-ring (bicyclic) bond motifs is 1. The number of carbonyl (C=O) groups excluding carboxylic acids is 1. The second-order valence-corrected chi connectivity index (χ2v) is 6.33. The zero-order valence-electron chi connectivity index (χ0n) is 15.2. The average molecular weight is 354 g/mol. The van der Waals surface area contributed by atoms with Gasteiger partial charge >= 0.3 is 0 Å². The van der Waals surface area contributed by atoms with Gasteiger partial charge in [0.15, 0.2) is 0 Å². The van der Waals surface area contributed by atoms with Gasteiger partial charge in [-0.25, -0.2) is 0 Å². The summed E-state index contributed by atoms with van der Waals surface area (Å²) < 4.78 is 11.0. The Hall–Kier alpha value is -2.53. The molecule has 0 saturated carbocycles. The Kier molecular flexibility index (Phi) is 6.50. The molecule has 0 saturated heterocycles. The van der Waals surface area contributed by atoms with Crippen LogP contribution >= 0.6 is 0 Å². The second-order valence-electron chi connectivity index (χ2n) is 6.33. The Balaban J connectivity index is 1.34. The Morgan fingerprint density at radius 2 is 1.73 bits per heavy atom. The minimum atomic E-state index is 0.0414. The van der Waals surface area contributed by atoms with Crippen LogP contribution in [0.25, 0.3) is 0 Å². The zero-order valence-corrected chi connectivity index (χ0v) is 15.2. The van der Waals surface area contributed by atoms with E-state index in [2.05, 4.69) is 34.5 Å². The molecule has 1 aliphatic rings. The van der Waals surface area contributed by atoms with E-state index < -0.39 is 0 Å². The minimum Gasteiger partial charge on any atom is -0.494 e. The number of ether oxygens (including phenoxy) is 2. The minimum absolute atomic E-state index is 0.0414. The van der Waals surface area contributed by atoms with Crippen LogP contribution in [0.5, 0.6) is 11.5 Å². The fourth-order valence-electron chi connectivity index (χ4n) is 3.11. The number of nitrogens with zero attached hydrogens (tertiary/aromatic N) is 1. The van der Waals surface area contributed by atoms with Crippen molar-refractivity contribution < 1.29 is 14.3 Å². The Morgan fingerprint density at radius 3 is 2.46 bits per heavy atom. The molecule has 1 N–H and O–H groups in total. The molecule has 138 valence electrons. The lowest BCUT2D eigenvalue weighted by Crippen LogP contribution is -2.40. The van der Waals surface area contributed by atoms with Gasteiger partial charge in [-0.3, -0.25) is 9.69 Å². The van der Waals surface area contributed by atoms with Gasteiger partial charge in [0.05, 0.1) is 19.7 Å². The van der Waals surface area contributed by atoms with E-state index in [4.69, 9.17) is 9.47 Å². The maximum absolute atomic E-state index is 12.1. The van der Waals surface area contributed by atoms with Crippen molar-refractivity contribution in [3.05, 3.63) is 59.7 Å². The quantitative estimate of drug-likeness (QED) is 0.741. The van der Waals surface area contributed by atoms with E-state index in [0.29, 0.717) is 26.3 Å². The van der Waals surface area contributed by atoms with E-state index in [1.807, 2.05) is 31.2 Å². The third-order valence-electron chi connectivity index (χ3n) is 4.40. The molecular weight excluding hydrogens is 328 g/mol. The van der Waals surface area contributed by atoms with E-state index >= 15 is 0 Å². The van der Waals surface area contributed by atoms with Crippen molar-refractivity contribution in [1.82, 2.24) is 10.2 Å². The number of amides is 1. The van der Waals surface area contributed by atoms with E-state index in [1.165, 1.54) is 11.1 Å². The molecule has 0 fully saturated rings. The molecule has 0 unspecified atom stereocenters. The van der Waals surface area contributed by atoms with Crippen molar-refractivity contribution in [2.75, 3.05) is 32.8 Å². The molecule has 0 aliphatic carbocycles. The summed E-state index contributed by atoms with van der Waals surface area (Å²) in [6, 6.07) is 16.0. The van der Waals surface area contributed by atoms with Crippen LogP contribution in [-0.4, -0.2) is 43.7 Å². The van der Waals surface area contributed by atoms with Crippen LogP contribution in [-0.2, 0) is 17.8 Å². The highest BCUT2D eigenvalue weighted by Gasteiger charge is 2.17. The molecule has 1 heterocycles. The van der Waals surface area contributed by atoms with Gasteiger partial charge < -0.3 is 14.8 Å². The predicted molar refractivity (Wildman–Crippen MR) is 102 cm³/mol. The number of nitrogens with one attached hydrogen (secondary N) is 1. The van der Waals surface area contributed by atoms with Gasteiger partial charge in [0.2, 0.25) is 5.91 Å². The molecule has 0 atom stereocenters. The van der Waals surface area contributed by atoms with Crippen LogP contribution in [0.3, 0.4) is 0 Å². The largest absolute Gasteiger partial charge is 0.494 e. The lowest BCUT2D eigenvalue weighted by Gasteiger charge is -2.28. The molecule has 3 rings (SSSR count). The molecule has 2 aromatic rings. The third kappa shape index (κ3) is 5.23. The maximum Gasteiger partial charge on any atom is 0.234 e. The van der Waals surface area contributed by atoms with Gasteiger partial charge in [0, 0.05) is 13.1 Å². The molecule has 0 aromatic heterocycles. The lowest BCUT2D eigenvalue weighted by atomic mass is 10.00. The van der Waals surface area contributed by atoms with E-state index in [-0.39, 0.29) is 5.91 Å². The normalized spacial score (nSPS) is 13.7. The summed E-state index contributed by atoms with van der Waals surface area (Å²) >= 11 is 0. The fraction of sp³-hybridized carbons (Fsp3) is 0.381. The SMILES string of the molecule is CCOc1ccc(OCCNC(=O)CN2CCc3ccccc3C2)cc1. The molecule has 0 bridgehead atoms. The summed E-state index contributed by atoms with van der Waals surface area (Å²) in [4.78, 5) is 14.3. The molecule has 1 amide bonds. The zero-order chi connectivity index (χ0) is 18.2.